The summed E-state index contributed by atoms with van der Waals surface area (Å²) in [4.78, 5) is 18.3. The number of anilines is 1. The van der Waals surface area contributed by atoms with E-state index < -0.39 is 0 Å². The molecule has 0 bridgehead atoms. The molecule has 3 heterocycles. The van der Waals surface area contributed by atoms with Gasteiger partial charge in [0.2, 0.25) is 0 Å². The Balaban J connectivity index is 1.32. The number of carbonyl (C=O) groups is 1. The molecule has 23 heavy (non-hydrogen) atoms. The molecule has 2 saturated heterocycles. The topological polar surface area (TPSA) is 66.5 Å². The maximum Gasteiger partial charge on any atom is 0.314 e. The minimum Gasteiger partial charge on any atom is -0.376 e. The number of pyridine rings is 1. The Bertz CT molecular complexity index is 483. The number of carbonyl (C=O) groups excluding carboxylic acids is 1. The molecular formula is C17H26N4O2. The Morgan fingerprint density at radius 2 is 1.91 bits per heavy atom. The van der Waals surface area contributed by atoms with Gasteiger partial charge in [0.25, 0.3) is 0 Å². The summed E-state index contributed by atoms with van der Waals surface area (Å²) in [5, 5.41) is 5.90. The summed E-state index contributed by atoms with van der Waals surface area (Å²) in [5.74, 6) is 0.557. The number of hydrogen-bond donors (Lipinski definition) is 2. The number of piperidine rings is 1. The molecule has 0 aliphatic carbocycles. The Hall–Kier alpha value is -1.82. The summed E-state index contributed by atoms with van der Waals surface area (Å²) in [7, 11) is 0. The van der Waals surface area contributed by atoms with Crippen molar-refractivity contribution < 1.29 is 9.53 Å². The van der Waals surface area contributed by atoms with Gasteiger partial charge in [-0.05, 0) is 43.7 Å². The number of amides is 2. The number of aromatic nitrogens is 1. The molecule has 1 aromatic heterocycles. The van der Waals surface area contributed by atoms with Gasteiger partial charge in [-0.15, -0.1) is 0 Å². The quantitative estimate of drug-likeness (QED) is 0.868. The van der Waals surface area contributed by atoms with Crippen LogP contribution in [0, 0.1) is 5.92 Å². The van der Waals surface area contributed by atoms with Crippen molar-refractivity contribution >= 4 is 11.7 Å². The van der Waals surface area contributed by atoms with Crippen LogP contribution in [0.1, 0.15) is 25.7 Å². The van der Waals surface area contributed by atoms with Gasteiger partial charge in [0.05, 0.1) is 6.10 Å². The zero-order valence-electron chi connectivity index (χ0n) is 13.5. The molecule has 0 radical (unpaired) electrons. The smallest absolute Gasteiger partial charge is 0.314 e. The van der Waals surface area contributed by atoms with Crippen molar-refractivity contribution in [3.8, 4) is 0 Å². The zero-order chi connectivity index (χ0) is 15.9. The van der Waals surface area contributed by atoms with Crippen LogP contribution in [-0.2, 0) is 4.74 Å². The molecule has 0 aromatic carbocycles. The van der Waals surface area contributed by atoms with E-state index in [4.69, 9.17) is 4.74 Å². The molecular weight excluding hydrogens is 292 g/mol. The molecule has 1 atom stereocenters. The van der Waals surface area contributed by atoms with Crippen LogP contribution in [0.2, 0.25) is 0 Å². The van der Waals surface area contributed by atoms with Gasteiger partial charge in [-0.2, -0.15) is 0 Å². The molecule has 126 valence electrons. The van der Waals surface area contributed by atoms with E-state index in [0.29, 0.717) is 12.5 Å². The highest BCUT2D eigenvalue weighted by atomic mass is 16.5. The van der Waals surface area contributed by atoms with Crippen LogP contribution < -0.4 is 15.5 Å². The van der Waals surface area contributed by atoms with Crippen LogP contribution in [0.5, 0.6) is 0 Å². The van der Waals surface area contributed by atoms with Gasteiger partial charge in [-0.1, -0.05) is 0 Å². The lowest BCUT2D eigenvalue weighted by Gasteiger charge is -2.33. The summed E-state index contributed by atoms with van der Waals surface area (Å²) >= 11 is 0. The first-order chi connectivity index (χ1) is 11.3. The maximum absolute atomic E-state index is 11.8. The van der Waals surface area contributed by atoms with E-state index in [0.717, 1.165) is 51.9 Å². The molecule has 1 aromatic rings. The first-order valence-corrected chi connectivity index (χ1v) is 8.59. The normalized spacial score (nSPS) is 22.1. The van der Waals surface area contributed by atoms with Crippen LogP contribution in [0.4, 0.5) is 10.5 Å². The Kier molecular flexibility index (Phi) is 5.69. The second kappa shape index (κ2) is 8.15. The molecule has 2 aliphatic rings. The highest BCUT2D eigenvalue weighted by molar-refractivity contribution is 5.73. The fraction of sp³-hybridized carbons (Fsp3) is 0.647. The summed E-state index contributed by atoms with van der Waals surface area (Å²) in [6.45, 7) is 4.26. The van der Waals surface area contributed by atoms with Crippen LogP contribution in [-0.4, -0.2) is 49.9 Å². The monoisotopic (exact) mass is 318 g/mol. The lowest BCUT2D eigenvalue weighted by atomic mass is 9.96. The van der Waals surface area contributed by atoms with Crippen molar-refractivity contribution in [2.45, 2.75) is 31.8 Å². The van der Waals surface area contributed by atoms with Crippen molar-refractivity contribution in [2.75, 3.05) is 37.7 Å². The number of nitrogens with one attached hydrogen (secondary N) is 2. The van der Waals surface area contributed by atoms with Crippen molar-refractivity contribution in [1.29, 1.82) is 0 Å². The Morgan fingerprint density at radius 3 is 2.61 bits per heavy atom. The van der Waals surface area contributed by atoms with E-state index >= 15 is 0 Å². The SMILES string of the molecule is O=C(NCC1CCN(c2ccncc2)CC1)NCC1CCCO1. The van der Waals surface area contributed by atoms with Gasteiger partial charge in [-0.3, -0.25) is 4.98 Å². The third-order valence-electron chi connectivity index (χ3n) is 4.71. The number of ether oxygens (including phenoxy) is 1. The van der Waals surface area contributed by atoms with Gasteiger partial charge in [0.15, 0.2) is 0 Å². The molecule has 6 nitrogen and oxygen atoms in total. The fourth-order valence-electron chi connectivity index (χ4n) is 3.26. The molecule has 1 unspecified atom stereocenters. The predicted molar refractivity (Wildman–Crippen MR) is 89.5 cm³/mol. The summed E-state index contributed by atoms with van der Waals surface area (Å²) in [6, 6.07) is 4.03. The fourth-order valence-corrected chi connectivity index (χ4v) is 3.26. The van der Waals surface area contributed by atoms with E-state index in [1.54, 1.807) is 0 Å². The van der Waals surface area contributed by atoms with Gasteiger partial charge in [0.1, 0.15) is 0 Å². The average Bonchev–Trinajstić information content (AvgIpc) is 3.13. The average molecular weight is 318 g/mol. The third-order valence-corrected chi connectivity index (χ3v) is 4.71. The van der Waals surface area contributed by atoms with Crippen LogP contribution in [0.15, 0.2) is 24.5 Å². The van der Waals surface area contributed by atoms with Gasteiger partial charge in [0, 0.05) is 50.9 Å². The minimum atomic E-state index is -0.0722. The molecule has 6 heteroatoms. The predicted octanol–water partition coefficient (Wildman–Crippen LogP) is 1.78. The summed E-state index contributed by atoms with van der Waals surface area (Å²) in [5.41, 5.74) is 1.24. The summed E-state index contributed by atoms with van der Waals surface area (Å²) < 4.78 is 5.50. The standard InChI is InChI=1S/C17H26N4O2/c22-17(20-13-16-2-1-11-23-16)19-12-14-5-9-21(10-6-14)15-3-7-18-8-4-15/h3-4,7-8,14,16H,1-2,5-6,9-13H2,(H2,19,20,22). The van der Waals surface area contributed by atoms with Crippen molar-refractivity contribution in [3.63, 3.8) is 0 Å². The largest absolute Gasteiger partial charge is 0.376 e. The molecule has 2 aliphatic heterocycles. The van der Waals surface area contributed by atoms with Crippen LogP contribution in [0.3, 0.4) is 0 Å². The Labute approximate surface area is 137 Å². The first-order valence-electron chi connectivity index (χ1n) is 8.59. The lowest BCUT2D eigenvalue weighted by Crippen LogP contribution is -2.43. The van der Waals surface area contributed by atoms with E-state index in [1.165, 1.54) is 5.69 Å². The van der Waals surface area contributed by atoms with E-state index in [-0.39, 0.29) is 12.1 Å². The highest BCUT2D eigenvalue weighted by Crippen LogP contribution is 2.22. The van der Waals surface area contributed by atoms with Gasteiger partial charge < -0.3 is 20.3 Å². The molecule has 0 spiro atoms. The molecule has 3 rings (SSSR count). The second-order valence-corrected chi connectivity index (χ2v) is 6.36. The zero-order valence-corrected chi connectivity index (χ0v) is 13.5. The number of nitrogens with zero attached hydrogens (tertiary/aromatic N) is 2. The maximum atomic E-state index is 11.8. The lowest BCUT2D eigenvalue weighted by molar-refractivity contribution is 0.111. The van der Waals surface area contributed by atoms with E-state index in [9.17, 15) is 4.79 Å². The van der Waals surface area contributed by atoms with Gasteiger partial charge >= 0.3 is 6.03 Å². The van der Waals surface area contributed by atoms with E-state index in [1.807, 2.05) is 12.4 Å². The third kappa shape index (κ3) is 4.82. The van der Waals surface area contributed by atoms with Crippen molar-refractivity contribution in [1.82, 2.24) is 15.6 Å². The highest BCUT2D eigenvalue weighted by Gasteiger charge is 2.20. The van der Waals surface area contributed by atoms with Crippen molar-refractivity contribution in [2.24, 2.45) is 5.92 Å². The molecule has 2 N–H and O–H groups in total. The number of hydrogen-bond acceptors (Lipinski definition) is 4. The van der Waals surface area contributed by atoms with Crippen molar-refractivity contribution in [3.05, 3.63) is 24.5 Å². The van der Waals surface area contributed by atoms with Crippen LogP contribution in [0.25, 0.3) is 0 Å². The summed E-state index contributed by atoms with van der Waals surface area (Å²) in [6.07, 6.45) is 8.23. The minimum absolute atomic E-state index is 0.0722. The number of rotatable bonds is 5. The van der Waals surface area contributed by atoms with E-state index in [2.05, 4.69) is 32.7 Å². The molecule has 0 saturated carbocycles. The number of urea groups is 1. The molecule has 2 fully saturated rings. The first kappa shape index (κ1) is 16.1. The van der Waals surface area contributed by atoms with Gasteiger partial charge in [-0.25, -0.2) is 4.79 Å². The van der Waals surface area contributed by atoms with Crippen LogP contribution >= 0.6 is 0 Å². The second-order valence-electron chi connectivity index (χ2n) is 6.36. The molecule has 2 amide bonds. The Morgan fingerprint density at radius 1 is 1.17 bits per heavy atom.